The van der Waals surface area contributed by atoms with Crippen LogP contribution in [0.15, 0.2) is 176 Å². The minimum Gasteiger partial charge on any atom is -0.0622 e. The minimum atomic E-state index is 1.23. The summed E-state index contributed by atoms with van der Waals surface area (Å²) < 4.78 is 0. The maximum Gasteiger partial charge on any atom is -0.000718 e. The highest BCUT2D eigenvalue weighted by Crippen LogP contribution is 2.55. The Morgan fingerprint density at radius 3 is 1.54 bits per heavy atom. The molecule has 0 heteroatoms. The van der Waals surface area contributed by atoms with E-state index in [9.17, 15) is 0 Å². The molecule has 0 amide bonds. The summed E-state index contributed by atoms with van der Waals surface area (Å²) in [7, 11) is 0. The van der Waals surface area contributed by atoms with Crippen molar-refractivity contribution in [1.29, 1.82) is 0 Å². The van der Waals surface area contributed by atoms with Crippen LogP contribution < -0.4 is 0 Å². The summed E-state index contributed by atoms with van der Waals surface area (Å²) in [4.78, 5) is 0. The molecule has 57 heavy (non-hydrogen) atoms. The Labute approximate surface area is 331 Å². The molecule has 0 aromatic heterocycles. The molecular weight excluding hydrogens is 685 g/mol. The molecule has 12 rings (SSSR count). The third-order valence-corrected chi connectivity index (χ3v) is 12.8. The van der Waals surface area contributed by atoms with E-state index in [1.165, 1.54) is 137 Å². The molecule has 0 aliphatic heterocycles. The normalized spacial score (nSPS) is 12.1. The summed E-state index contributed by atoms with van der Waals surface area (Å²) in [6.45, 7) is 6.70. The Morgan fingerprint density at radius 1 is 0.263 bits per heavy atom. The summed E-state index contributed by atoms with van der Waals surface area (Å²) in [5.74, 6) is 0. The second kappa shape index (κ2) is 12.0. The molecule has 0 unspecified atom stereocenters. The Kier molecular flexibility index (Phi) is 6.78. The van der Waals surface area contributed by atoms with Crippen molar-refractivity contribution in [2.75, 3.05) is 0 Å². The van der Waals surface area contributed by atoms with Gasteiger partial charge in [0.1, 0.15) is 0 Å². The van der Waals surface area contributed by atoms with Crippen molar-refractivity contribution in [2.24, 2.45) is 0 Å². The number of fused-ring (bicyclic) bond motifs is 8. The fourth-order valence-electron chi connectivity index (χ4n) is 10.7. The summed E-state index contributed by atoms with van der Waals surface area (Å²) in [5, 5.41) is 18.5. The lowest BCUT2D eigenvalue weighted by molar-refractivity contribution is 1.32. The monoisotopic (exact) mass is 722 g/mol. The maximum absolute atomic E-state index is 2.56. The van der Waals surface area contributed by atoms with Gasteiger partial charge in [-0.15, -0.1) is 0 Å². The second-order valence-electron chi connectivity index (χ2n) is 16.1. The zero-order valence-electron chi connectivity index (χ0n) is 32.2. The van der Waals surface area contributed by atoms with Gasteiger partial charge in [0.05, 0.1) is 0 Å². The van der Waals surface area contributed by atoms with Gasteiger partial charge in [-0.25, -0.2) is 0 Å². The summed E-state index contributed by atoms with van der Waals surface area (Å²) in [5.41, 5.74) is 14.2. The average molecular weight is 723 g/mol. The number of rotatable bonds is 4. The third kappa shape index (κ3) is 4.50. The van der Waals surface area contributed by atoms with Gasteiger partial charge >= 0.3 is 0 Å². The van der Waals surface area contributed by atoms with Crippen LogP contribution in [0.1, 0.15) is 16.7 Å². The van der Waals surface area contributed by atoms with E-state index in [0.29, 0.717) is 0 Å². The minimum absolute atomic E-state index is 1.23. The van der Waals surface area contributed by atoms with Crippen LogP contribution in [0.2, 0.25) is 0 Å². The number of aryl methyl sites for hydroxylation is 3. The van der Waals surface area contributed by atoms with E-state index in [1.807, 2.05) is 0 Å². The summed E-state index contributed by atoms with van der Waals surface area (Å²) >= 11 is 0. The van der Waals surface area contributed by atoms with Crippen LogP contribution in [0.4, 0.5) is 0 Å². The van der Waals surface area contributed by atoms with Crippen molar-refractivity contribution in [3.05, 3.63) is 193 Å². The largest absolute Gasteiger partial charge is 0.0622 e. The van der Waals surface area contributed by atoms with E-state index in [1.54, 1.807) is 0 Å². The fourth-order valence-corrected chi connectivity index (χ4v) is 10.7. The van der Waals surface area contributed by atoms with Crippen molar-refractivity contribution in [1.82, 2.24) is 0 Å². The Hall–Kier alpha value is -7.02. The van der Waals surface area contributed by atoms with Gasteiger partial charge in [0.25, 0.3) is 0 Å². The molecule has 0 aliphatic rings. The number of benzene rings is 10. The molecule has 0 fully saturated rings. The van der Waals surface area contributed by atoms with Crippen LogP contribution in [0.25, 0.3) is 120 Å². The van der Waals surface area contributed by atoms with Crippen LogP contribution in [0, 0.1) is 20.8 Å². The van der Waals surface area contributed by atoms with Gasteiger partial charge in [-0.1, -0.05) is 169 Å². The molecule has 0 nitrogen and oxygen atoms in total. The standard InChI is InChI=1S/C57H38/c1-33-29-34(2)50(35(3)30-33)39-27-28-41-47(31-39)43-23-14-26-46-53(43)48(41)32-49-54(42-22-11-10-21-40(42)36-15-6-4-7-16-36)57-45-25-13-20-37-19-12-24-44(51(37)45)56(57)52(55(46)49)38-17-8-5-9-18-38/h4-32H,1-3H3. The first-order valence-electron chi connectivity index (χ1n) is 20.1. The summed E-state index contributed by atoms with van der Waals surface area (Å²) in [6, 6.07) is 66.3. The van der Waals surface area contributed by atoms with Gasteiger partial charge in [0.15, 0.2) is 0 Å². The smallest absolute Gasteiger partial charge is 0.000718 e. The Morgan fingerprint density at radius 2 is 0.842 bits per heavy atom. The highest BCUT2D eigenvalue weighted by Gasteiger charge is 2.27. The highest BCUT2D eigenvalue weighted by molar-refractivity contribution is 6.45. The lowest BCUT2D eigenvalue weighted by atomic mass is 9.82. The molecule has 0 bridgehead atoms. The van der Waals surface area contributed by atoms with Crippen LogP contribution in [0.5, 0.6) is 0 Å². The highest BCUT2D eigenvalue weighted by atomic mass is 14.3. The molecule has 12 aromatic rings. The molecular formula is C57H38. The van der Waals surface area contributed by atoms with Crippen molar-refractivity contribution in [2.45, 2.75) is 20.8 Å². The quantitative estimate of drug-likeness (QED) is 0.159. The lowest BCUT2D eigenvalue weighted by Crippen LogP contribution is -1.93. The molecule has 0 atom stereocenters. The van der Waals surface area contributed by atoms with E-state index in [-0.39, 0.29) is 0 Å². The molecule has 0 radical (unpaired) electrons. The van der Waals surface area contributed by atoms with Crippen LogP contribution >= 0.6 is 0 Å². The first-order valence-corrected chi connectivity index (χ1v) is 20.1. The number of hydrogen-bond donors (Lipinski definition) is 0. The van der Waals surface area contributed by atoms with Crippen molar-refractivity contribution in [3.8, 4) is 44.5 Å². The third-order valence-electron chi connectivity index (χ3n) is 12.8. The first kappa shape index (κ1) is 32.2. The molecule has 0 saturated heterocycles. The first-order chi connectivity index (χ1) is 28.0. The zero-order valence-corrected chi connectivity index (χ0v) is 32.2. The van der Waals surface area contributed by atoms with Gasteiger partial charge in [-0.2, -0.15) is 0 Å². The van der Waals surface area contributed by atoms with Crippen molar-refractivity contribution >= 4 is 75.4 Å². The Balaban J connectivity index is 1.34. The topological polar surface area (TPSA) is 0 Å². The predicted octanol–water partition coefficient (Wildman–Crippen LogP) is 16.2. The molecule has 0 heterocycles. The molecule has 0 N–H and O–H groups in total. The van der Waals surface area contributed by atoms with Crippen LogP contribution in [0.3, 0.4) is 0 Å². The molecule has 12 aromatic carbocycles. The fraction of sp³-hybridized carbons (Fsp3) is 0.0526. The van der Waals surface area contributed by atoms with Gasteiger partial charge in [-0.05, 0) is 164 Å². The van der Waals surface area contributed by atoms with E-state index >= 15 is 0 Å². The van der Waals surface area contributed by atoms with Gasteiger partial charge in [0.2, 0.25) is 0 Å². The van der Waals surface area contributed by atoms with Gasteiger partial charge in [-0.3, -0.25) is 0 Å². The molecule has 0 aliphatic carbocycles. The lowest BCUT2D eigenvalue weighted by Gasteiger charge is -2.20. The van der Waals surface area contributed by atoms with Crippen molar-refractivity contribution in [3.63, 3.8) is 0 Å². The Bertz CT molecular complexity index is 3540. The molecule has 0 spiro atoms. The van der Waals surface area contributed by atoms with E-state index < -0.39 is 0 Å². The van der Waals surface area contributed by atoms with Gasteiger partial charge < -0.3 is 0 Å². The SMILES string of the molecule is Cc1cc(C)c(-c2ccc3c(c2)c2cccc4c5c(-c6ccccc6)c6c7cccc8cccc(c6c(-c6ccccc6-c6ccccc6)c5cc3c24)c87)c(C)c1. The average Bonchev–Trinajstić information content (AvgIpc) is 3.74. The van der Waals surface area contributed by atoms with E-state index in [2.05, 4.69) is 197 Å². The van der Waals surface area contributed by atoms with E-state index in [0.717, 1.165) is 0 Å². The predicted molar refractivity (Wildman–Crippen MR) is 247 cm³/mol. The summed E-state index contributed by atoms with van der Waals surface area (Å²) in [6.07, 6.45) is 0. The van der Waals surface area contributed by atoms with E-state index in [4.69, 9.17) is 0 Å². The molecule has 266 valence electrons. The zero-order chi connectivity index (χ0) is 37.9. The van der Waals surface area contributed by atoms with Crippen LogP contribution in [-0.2, 0) is 0 Å². The second-order valence-corrected chi connectivity index (χ2v) is 16.1. The maximum atomic E-state index is 2.56. The van der Waals surface area contributed by atoms with Crippen molar-refractivity contribution < 1.29 is 0 Å². The number of hydrogen-bond acceptors (Lipinski definition) is 0. The van der Waals surface area contributed by atoms with Gasteiger partial charge in [0, 0.05) is 0 Å². The van der Waals surface area contributed by atoms with Crippen LogP contribution in [-0.4, -0.2) is 0 Å². The molecule has 0 saturated carbocycles.